The number of hydrogen-bond donors (Lipinski definition) is 3. The molecule has 0 aliphatic carbocycles. The first-order valence-electron chi connectivity index (χ1n) is 7.68. The minimum Gasteiger partial charge on any atom is -0.480 e. The van der Waals surface area contributed by atoms with Crippen LogP contribution in [0.15, 0.2) is 65.6 Å². The number of hydrogen-bond acceptors (Lipinski definition) is 4. The van der Waals surface area contributed by atoms with Gasteiger partial charge in [0.1, 0.15) is 6.04 Å². The van der Waals surface area contributed by atoms with Gasteiger partial charge >= 0.3 is 5.97 Å². The fraction of sp³-hybridized carbons (Fsp3) is 0.222. The molecule has 6 nitrogen and oxygen atoms in total. The number of carboxylic acid groups (broad SMARTS) is 1. The molecule has 2 aromatic carbocycles. The summed E-state index contributed by atoms with van der Waals surface area (Å²) in [6.07, 6.45) is -1.47. The number of aliphatic hydroxyl groups is 1. The van der Waals surface area contributed by atoms with Gasteiger partial charge in [0.2, 0.25) is 0 Å². The van der Waals surface area contributed by atoms with Crippen LogP contribution in [0.1, 0.15) is 18.1 Å². The second-order valence-electron chi connectivity index (χ2n) is 5.36. The van der Waals surface area contributed by atoms with Crippen molar-refractivity contribution in [3.05, 3.63) is 66.2 Å². The molecule has 0 saturated carbocycles. The molecule has 0 radical (unpaired) electrons. The number of benzene rings is 2. The van der Waals surface area contributed by atoms with Crippen LogP contribution in [0.4, 0.5) is 0 Å². The molecule has 25 heavy (non-hydrogen) atoms. The highest BCUT2D eigenvalue weighted by molar-refractivity contribution is 7.85. The third-order valence-corrected chi connectivity index (χ3v) is 4.98. The van der Waals surface area contributed by atoms with Gasteiger partial charge in [-0.3, -0.25) is 9.00 Å². The van der Waals surface area contributed by atoms with E-state index in [1.807, 2.05) is 0 Å². The molecule has 7 heteroatoms. The van der Waals surface area contributed by atoms with E-state index < -0.39 is 34.8 Å². The molecule has 1 amide bonds. The minimum atomic E-state index is -1.46. The molecule has 0 saturated heterocycles. The monoisotopic (exact) mass is 361 g/mol. The summed E-state index contributed by atoms with van der Waals surface area (Å²) in [5.41, 5.74) is 0.372. The average Bonchev–Trinajstić information content (AvgIpc) is 2.65. The van der Waals surface area contributed by atoms with E-state index in [1.165, 1.54) is 0 Å². The van der Waals surface area contributed by atoms with Crippen LogP contribution in [0.2, 0.25) is 0 Å². The summed E-state index contributed by atoms with van der Waals surface area (Å²) >= 11 is 0. The van der Waals surface area contributed by atoms with Crippen LogP contribution in [0, 0.1) is 0 Å². The van der Waals surface area contributed by atoms with Gasteiger partial charge in [-0.2, -0.15) is 0 Å². The van der Waals surface area contributed by atoms with Crippen molar-refractivity contribution >= 4 is 22.7 Å². The number of aliphatic hydroxyl groups excluding tert-OH is 1. The molecule has 0 aliphatic heterocycles. The second-order valence-corrected chi connectivity index (χ2v) is 6.93. The second kappa shape index (κ2) is 9.10. The molecule has 3 N–H and O–H groups in total. The molecule has 0 spiro atoms. The number of rotatable bonds is 8. The Morgan fingerprint density at radius 2 is 1.56 bits per heavy atom. The summed E-state index contributed by atoms with van der Waals surface area (Å²) in [6.45, 7) is 0. The van der Waals surface area contributed by atoms with Crippen molar-refractivity contribution in [2.24, 2.45) is 0 Å². The van der Waals surface area contributed by atoms with Crippen molar-refractivity contribution in [3.8, 4) is 0 Å². The number of carbonyl (C=O) groups excluding carboxylic acids is 1. The molecule has 0 bridgehead atoms. The molecule has 0 fully saturated rings. The van der Waals surface area contributed by atoms with Crippen LogP contribution in [0.5, 0.6) is 0 Å². The summed E-state index contributed by atoms with van der Waals surface area (Å²) in [5, 5.41) is 21.6. The summed E-state index contributed by atoms with van der Waals surface area (Å²) in [6, 6.07) is 15.7. The third-order valence-electron chi connectivity index (χ3n) is 3.58. The Hall–Kier alpha value is -2.51. The van der Waals surface area contributed by atoms with E-state index in [9.17, 15) is 24.0 Å². The minimum absolute atomic E-state index is 0.00983. The van der Waals surface area contributed by atoms with Gasteiger partial charge in [0.05, 0.1) is 10.8 Å². The van der Waals surface area contributed by atoms with Crippen LogP contribution < -0.4 is 5.32 Å². The lowest BCUT2D eigenvalue weighted by Crippen LogP contribution is -2.43. The maximum atomic E-state index is 12.2. The van der Waals surface area contributed by atoms with Gasteiger partial charge in [-0.1, -0.05) is 48.5 Å². The van der Waals surface area contributed by atoms with Gasteiger partial charge in [-0.05, 0) is 24.1 Å². The van der Waals surface area contributed by atoms with Gasteiger partial charge in [0.25, 0.3) is 5.91 Å². The number of aliphatic carboxylic acids is 1. The molecular formula is C18H19NO5S. The van der Waals surface area contributed by atoms with Gasteiger partial charge in [-0.25, -0.2) is 4.79 Å². The van der Waals surface area contributed by atoms with Gasteiger partial charge < -0.3 is 15.5 Å². The first kappa shape index (κ1) is 18.8. The lowest BCUT2D eigenvalue weighted by Gasteiger charge is -2.17. The highest BCUT2D eigenvalue weighted by Crippen LogP contribution is 2.13. The zero-order valence-corrected chi connectivity index (χ0v) is 14.2. The summed E-state index contributed by atoms with van der Waals surface area (Å²) in [5.74, 6) is -1.95. The molecule has 0 aromatic heterocycles. The predicted octanol–water partition coefficient (Wildman–Crippen LogP) is 1.49. The van der Waals surface area contributed by atoms with Crippen LogP contribution in [0.3, 0.4) is 0 Å². The first-order chi connectivity index (χ1) is 12.0. The molecule has 132 valence electrons. The smallest absolute Gasteiger partial charge is 0.326 e. The Kier molecular flexibility index (Phi) is 6.85. The van der Waals surface area contributed by atoms with Crippen molar-refractivity contribution in [3.63, 3.8) is 0 Å². The Bertz CT molecular complexity index is 736. The van der Waals surface area contributed by atoms with E-state index in [0.717, 1.165) is 0 Å². The lowest BCUT2D eigenvalue weighted by molar-refractivity contribution is -0.143. The van der Waals surface area contributed by atoms with Crippen molar-refractivity contribution in [2.75, 3.05) is 5.75 Å². The Labute approximate surface area is 148 Å². The van der Waals surface area contributed by atoms with Crippen LogP contribution in [-0.2, 0) is 20.4 Å². The SMILES string of the molecule is O=C(O)[C@H](CC[S@@](=O)c1ccccc1)NC(=O)[C@@H](O)c1ccccc1. The molecule has 3 atom stereocenters. The molecular weight excluding hydrogens is 342 g/mol. The maximum Gasteiger partial charge on any atom is 0.326 e. The molecule has 2 aromatic rings. The van der Waals surface area contributed by atoms with E-state index in [4.69, 9.17) is 0 Å². The first-order valence-corrected chi connectivity index (χ1v) is 9.00. The molecule has 0 heterocycles. The highest BCUT2D eigenvalue weighted by atomic mass is 32.2. The lowest BCUT2D eigenvalue weighted by atomic mass is 10.1. The number of carbonyl (C=O) groups is 2. The highest BCUT2D eigenvalue weighted by Gasteiger charge is 2.25. The molecule has 2 rings (SSSR count). The number of nitrogens with one attached hydrogen (secondary N) is 1. The Morgan fingerprint density at radius 3 is 2.12 bits per heavy atom. The van der Waals surface area contributed by atoms with Crippen LogP contribution in [0.25, 0.3) is 0 Å². The summed E-state index contributed by atoms with van der Waals surface area (Å²) in [7, 11) is -1.36. The largest absolute Gasteiger partial charge is 0.480 e. The van der Waals surface area contributed by atoms with Crippen molar-refractivity contribution in [1.82, 2.24) is 5.32 Å². The average molecular weight is 361 g/mol. The van der Waals surface area contributed by atoms with Crippen molar-refractivity contribution in [1.29, 1.82) is 0 Å². The van der Waals surface area contributed by atoms with Crippen molar-refractivity contribution in [2.45, 2.75) is 23.5 Å². The predicted molar refractivity (Wildman–Crippen MR) is 93.3 cm³/mol. The number of carboxylic acids is 1. The third kappa shape index (κ3) is 5.51. The normalized spacial score (nSPS) is 14.3. The van der Waals surface area contributed by atoms with Crippen LogP contribution in [-0.4, -0.2) is 38.1 Å². The maximum absolute atomic E-state index is 12.2. The van der Waals surface area contributed by atoms with E-state index in [1.54, 1.807) is 60.7 Å². The fourth-order valence-electron chi connectivity index (χ4n) is 2.21. The standard InChI is InChI=1S/C18H19NO5S/c20-16(13-7-3-1-4-8-13)17(21)19-15(18(22)23)11-12-25(24)14-9-5-2-6-10-14/h1-10,15-16,20H,11-12H2,(H,19,21)(H,22,23)/t15-,16-,25+/m0/s1. The van der Waals surface area contributed by atoms with Crippen molar-refractivity contribution < 1.29 is 24.0 Å². The van der Waals surface area contributed by atoms with E-state index >= 15 is 0 Å². The van der Waals surface area contributed by atoms with E-state index in [2.05, 4.69) is 5.32 Å². The Balaban J connectivity index is 1.95. The summed E-state index contributed by atoms with van der Waals surface area (Å²) < 4.78 is 12.2. The fourth-order valence-corrected chi connectivity index (χ4v) is 3.36. The molecule has 0 aliphatic rings. The van der Waals surface area contributed by atoms with Gasteiger partial charge in [0.15, 0.2) is 6.10 Å². The van der Waals surface area contributed by atoms with E-state index in [0.29, 0.717) is 10.5 Å². The van der Waals surface area contributed by atoms with Gasteiger partial charge in [-0.15, -0.1) is 0 Å². The number of amides is 1. The van der Waals surface area contributed by atoms with E-state index in [-0.39, 0.29) is 12.2 Å². The Morgan fingerprint density at radius 1 is 1.00 bits per heavy atom. The van der Waals surface area contributed by atoms with Crippen LogP contribution >= 0.6 is 0 Å². The zero-order valence-electron chi connectivity index (χ0n) is 13.4. The quantitative estimate of drug-likeness (QED) is 0.661. The zero-order chi connectivity index (χ0) is 18.2. The van der Waals surface area contributed by atoms with Gasteiger partial charge in [0, 0.05) is 10.6 Å². The molecule has 0 unspecified atom stereocenters. The topological polar surface area (TPSA) is 104 Å². The summed E-state index contributed by atoms with van der Waals surface area (Å²) in [4.78, 5) is 24.0.